The Bertz CT molecular complexity index is 1520. The summed E-state index contributed by atoms with van der Waals surface area (Å²) in [4.78, 5) is 36.4. The Balaban J connectivity index is 1.21. The van der Waals surface area contributed by atoms with Crippen LogP contribution in [-0.2, 0) is 34.1 Å². The van der Waals surface area contributed by atoms with Crippen LogP contribution in [-0.4, -0.2) is 45.6 Å². The molecule has 11 heteroatoms. The lowest BCUT2D eigenvalue weighted by Crippen LogP contribution is -2.42. The van der Waals surface area contributed by atoms with Gasteiger partial charge in [0.15, 0.2) is 6.10 Å². The number of ether oxygens (including phenoxy) is 1. The van der Waals surface area contributed by atoms with E-state index in [2.05, 4.69) is 22.5 Å². The highest BCUT2D eigenvalue weighted by Crippen LogP contribution is 2.54. The zero-order chi connectivity index (χ0) is 27.4. The van der Waals surface area contributed by atoms with E-state index in [1.165, 1.54) is 22.1 Å². The van der Waals surface area contributed by atoms with E-state index >= 15 is 0 Å². The maximum absolute atomic E-state index is 13.2. The molecule has 6 rings (SSSR count). The molecule has 2 N–H and O–H groups in total. The third-order valence-electron chi connectivity index (χ3n) is 7.75. The summed E-state index contributed by atoms with van der Waals surface area (Å²) in [6, 6.07) is 6.27. The molecule has 4 heterocycles. The number of aromatic amines is 1. The number of aliphatic hydroxyl groups is 1. The fourth-order valence-electron chi connectivity index (χ4n) is 5.31. The van der Waals surface area contributed by atoms with Crippen molar-refractivity contribution in [2.24, 2.45) is 0 Å². The molecule has 1 atom stereocenters. The maximum atomic E-state index is 13.2. The number of aromatic nitrogens is 2. The average molecular weight is 558 g/mol. The molecule has 1 saturated carbocycles. The Hall–Kier alpha value is -3.28. The molecule has 1 amide bonds. The number of carbonyl (C=O) groups is 1. The summed E-state index contributed by atoms with van der Waals surface area (Å²) in [5, 5.41) is 12.7. The predicted octanol–water partition coefficient (Wildman–Crippen LogP) is 4.35. The summed E-state index contributed by atoms with van der Waals surface area (Å²) in [7, 11) is 0. The van der Waals surface area contributed by atoms with Crippen LogP contribution in [0.1, 0.15) is 64.0 Å². The topological polar surface area (TPSA) is 95.5 Å². The normalized spacial score (nSPS) is 19.3. The van der Waals surface area contributed by atoms with E-state index in [-0.39, 0.29) is 29.6 Å². The van der Waals surface area contributed by atoms with Crippen molar-refractivity contribution in [2.45, 2.75) is 49.9 Å². The maximum Gasteiger partial charge on any atom is 0.416 e. The van der Waals surface area contributed by atoms with Crippen molar-refractivity contribution >= 4 is 22.8 Å². The Labute approximate surface area is 226 Å². The Morgan fingerprint density at radius 1 is 1.23 bits per heavy atom. The number of hydrogen-bond acceptors (Lipinski definition) is 6. The fraction of sp³-hybridized carbons (Fsp3) is 0.393. The first kappa shape index (κ1) is 26.0. The number of alkyl halides is 3. The lowest BCUT2D eigenvalue weighted by molar-refractivity contribution is -0.142. The Morgan fingerprint density at radius 2 is 2.05 bits per heavy atom. The molecule has 0 bridgehead atoms. The van der Waals surface area contributed by atoms with E-state index in [9.17, 15) is 27.9 Å². The van der Waals surface area contributed by atoms with Crippen LogP contribution in [0.5, 0.6) is 0 Å². The smallest absolute Gasteiger partial charge is 0.378 e. The number of nitrogens with zero attached hydrogens (tertiary/aromatic N) is 2. The molecule has 0 unspecified atom stereocenters. The number of carbonyl (C=O) groups excluding carboxylic acids is 1. The van der Waals surface area contributed by atoms with Crippen LogP contribution < -0.4 is 5.56 Å². The van der Waals surface area contributed by atoms with Crippen LogP contribution in [0.4, 0.5) is 13.2 Å². The number of rotatable bonds is 5. The summed E-state index contributed by atoms with van der Waals surface area (Å²) in [5.74, 6) is -0.125. The molecule has 3 aromatic rings. The van der Waals surface area contributed by atoms with Crippen molar-refractivity contribution in [3.63, 3.8) is 0 Å². The van der Waals surface area contributed by atoms with E-state index in [0.29, 0.717) is 36.7 Å². The third kappa shape index (κ3) is 4.83. The van der Waals surface area contributed by atoms with Crippen LogP contribution >= 0.6 is 11.3 Å². The van der Waals surface area contributed by atoms with Gasteiger partial charge in [0.1, 0.15) is 5.82 Å². The largest absolute Gasteiger partial charge is 0.416 e. The summed E-state index contributed by atoms with van der Waals surface area (Å²) in [6.45, 7) is 1.45. The van der Waals surface area contributed by atoms with Gasteiger partial charge in [0, 0.05) is 17.8 Å². The van der Waals surface area contributed by atoms with Gasteiger partial charge in [-0.05, 0) is 59.5 Å². The van der Waals surface area contributed by atoms with E-state index in [1.807, 2.05) is 0 Å². The highest BCUT2D eigenvalue weighted by molar-refractivity contribution is 7.10. The lowest BCUT2D eigenvalue weighted by atomic mass is 9.98. The van der Waals surface area contributed by atoms with Gasteiger partial charge in [0.2, 0.25) is 0 Å². The second-order valence-corrected chi connectivity index (χ2v) is 11.1. The van der Waals surface area contributed by atoms with Crippen LogP contribution in [0.15, 0.2) is 46.6 Å². The number of halogens is 3. The molecule has 1 aliphatic carbocycles. The highest BCUT2D eigenvalue weighted by Gasteiger charge is 2.50. The number of H-pyrrole nitrogens is 1. The first-order valence-electron chi connectivity index (χ1n) is 12.8. The number of benzene rings is 1. The van der Waals surface area contributed by atoms with Crippen molar-refractivity contribution in [1.29, 1.82) is 0 Å². The molecular formula is C28H26F3N3O4S. The number of amides is 1. The standard InChI is InChI=1S/C28H26F3N3O4S/c29-28(30,31)19-3-1-2-17(12-19)23(35)25(37)34-9-4-21-20(14-34)24(36)33-26(32-21)27(7-8-27)22-13-18(15-39-22)16-5-10-38-11-6-16/h1-3,5,12-13,15,23,35H,4,6-11,14H2,(H,32,33,36)/t23-/m1/s1. The average Bonchev–Trinajstić information content (AvgIpc) is 3.61. The first-order chi connectivity index (χ1) is 18.7. The molecule has 1 fully saturated rings. The van der Waals surface area contributed by atoms with Crippen LogP contribution in [0.2, 0.25) is 0 Å². The molecule has 204 valence electrons. The van der Waals surface area contributed by atoms with E-state index in [1.54, 1.807) is 11.3 Å². The van der Waals surface area contributed by atoms with Crippen molar-refractivity contribution < 1.29 is 27.8 Å². The van der Waals surface area contributed by atoms with Gasteiger partial charge in [-0.25, -0.2) is 4.98 Å². The summed E-state index contributed by atoms with van der Waals surface area (Å²) in [5.41, 5.74) is 1.64. The first-order valence-corrected chi connectivity index (χ1v) is 13.7. The quantitative estimate of drug-likeness (QED) is 0.487. The minimum atomic E-state index is -4.59. The van der Waals surface area contributed by atoms with Gasteiger partial charge in [0.25, 0.3) is 11.5 Å². The number of nitrogens with one attached hydrogen (secondary N) is 1. The van der Waals surface area contributed by atoms with Gasteiger partial charge in [-0.15, -0.1) is 11.3 Å². The zero-order valence-electron chi connectivity index (χ0n) is 20.9. The zero-order valence-corrected chi connectivity index (χ0v) is 21.7. The monoisotopic (exact) mass is 557 g/mol. The third-order valence-corrected chi connectivity index (χ3v) is 8.89. The van der Waals surface area contributed by atoms with Crippen molar-refractivity contribution in [3.8, 4) is 0 Å². The Morgan fingerprint density at radius 3 is 2.77 bits per heavy atom. The molecule has 2 aromatic heterocycles. The highest BCUT2D eigenvalue weighted by atomic mass is 32.1. The van der Waals surface area contributed by atoms with Gasteiger partial charge in [-0.3, -0.25) is 9.59 Å². The SMILES string of the molecule is O=C([C@H](O)c1cccc(C(F)(F)F)c1)N1CCc2nc(C3(c4cc(C5=CCOCC5)cs4)CC3)[nH]c(=O)c2C1. The molecule has 0 radical (unpaired) electrons. The number of thiophene rings is 1. The molecule has 1 aromatic carbocycles. The molecule has 39 heavy (non-hydrogen) atoms. The summed E-state index contributed by atoms with van der Waals surface area (Å²) < 4.78 is 44.7. The predicted molar refractivity (Wildman–Crippen MR) is 138 cm³/mol. The molecule has 0 saturated heterocycles. The van der Waals surface area contributed by atoms with Crippen molar-refractivity contribution in [3.05, 3.63) is 90.8 Å². The number of fused-ring (bicyclic) bond motifs is 1. The summed E-state index contributed by atoms with van der Waals surface area (Å²) >= 11 is 1.66. The van der Waals surface area contributed by atoms with Crippen molar-refractivity contribution in [2.75, 3.05) is 19.8 Å². The van der Waals surface area contributed by atoms with Gasteiger partial charge in [0.05, 0.1) is 42.0 Å². The van der Waals surface area contributed by atoms with Crippen LogP contribution in [0.3, 0.4) is 0 Å². The van der Waals surface area contributed by atoms with Gasteiger partial charge in [-0.1, -0.05) is 18.2 Å². The van der Waals surface area contributed by atoms with E-state index in [4.69, 9.17) is 9.72 Å². The minimum Gasteiger partial charge on any atom is -0.378 e. The number of aliphatic hydroxyl groups excluding tert-OH is 1. The van der Waals surface area contributed by atoms with E-state index in [0.717, 1.165) is 42.3 Å². The van der Waals surface area contributed by atoms with Crippen LogP contribution in [0.25, 0.3) is 5.57 Å². The molecule has 7 nitrogen and oxygen atoms in total. The Kier molecular flexibility index (Phi) is 6.47. The van der Waals surface area contributed by atoms with Gasteiger partial charge < -0.3 is 19.7 Å². The van der Waals surface area contributed by atoms with Crippen molar-refractivity contribution in [1.82, 2.24) is 14.9 Å². The minimum absolute atomic E-state index is 0.0703. The van der Waals surface area contributed by atoms with E-state index < -0.39 is 23.8 Å². The summed E-state index contributed by atoms with van der Waals surface area (Å²) in [6.07, 6.45) is -1.32. The second-order valence-electron chi connectivity index (χ2n) is 10.2. The molecular weight excluding hydrogens is 531 g/mol. The fourth-order valence-corrected chi connectivity index (χ4v) is 6.50. The number of hydrogen-bond donors (Lipinski definition) is 2. The second kappa shape index (κ2) is 9.72. The molecule has 3 aliphatic rings. The molecule has 2 aliphatic heterocycles. The van der Waals surface area contributed by atoms with Gasteiger partial charge >= 0.3 is 6.18 Å². The molecule has 0 spiro atoms. The lowest BCUT2D eigenvalue weighted by Gasteiger charge is -2.30. The van der Waals surface area contributed by atoms with Crippen LogP contribution in [0, 0.1) is 0 Å². The van der Waals surface area contributed by atoms with Gasteiger partial charge in [-0.2, -0.15) is 13.2 Å².